The molecule has 0 bridgehead atoms. The highest BCUT2D eigenvalue weighted by Gasteiger charge is 2.18. The molecular formula is C28H28ClN3. The minimum atomic E-state index is 0. The lowest BCUT2D eigenvalue weighted by Gasteiger charge is -2.23. The number of hydrogen-bond donors (Lipinski definition) is 0. The Bertz CT molecular complexity index is 1210. The summed E-state index contributed by atoms with van der Waals surface area (Å²) in [6.45, 7) is 7.56. The molecule has 0 spiro atoms. The van der Waals surface area contributed by atoms with Gasteiger partial charge in [0.25, 0.3) is 0 Å². The fourth-order valence-corrected chi connectivity index (χ4v) is 3.92. The monoisotopic (exact) mass is 441 g/mol. The highest BCUT2D eigenvalue weighted by molar-refractivity contribution is 5.85. The molecule has 0 aliphatic carbocycles. The largest absolute Gasteiger partial charge is 0.330 e. The summed E-state index contributed by atoms with van der Waals surface area (Å²) in [5, 5.41) is 8.98. The first-order valence-electron chi connectivity index (χ1n) is 10.6. The van der Waals surface area contributed by atoms with E-state index in [1.807, 2.05) is 36.8 Å². The molecule has 0 aliphatic heterocycles. The Kier molecular flexibility index (Phi) is 7.18. The van der Waals surface area contributed by atoms with E-state index in [0.29, 0.717) is 5.56 Å². The second-order valence-electron chi connectivity index (χ2n) is 8.99. The summed E-state index contributed by atoms with van der Waals surface area (Å²) in [5.41, 5.74) is 8.28. The van der Waals surface area contributed by atoms with E-state index >= 15 is 0 Å². The summed E-state index contributed by atoms with van der Waals surface area (Å²) in [6.07, 6.45) is 4.61. The Morgan fingerprint density at radius 3 is 2.19 bits per heavy atom. The number of imidazole rings is 1. The summed E-state index contributed by atoms with van der Waals surface area (Å²) in [4.78, 5) is 4.36. The molecule has 0 atom stereocenters. The van der Waals surface area contributed by atoms with Crippen LogP contribution in [0.15, 0.2) is 85.3 Å². The van der Waals surface area contributed by atoms with E-state index in [2.05, 4.69) is 84.9 Å². The van der Waals surface area contributed by atoms with Gasteiger partial charge in [0.15, 0.2) is 0 Å². The Balaban J connectivity index is 0.00000289. The predicted molar refractivity (Wildman–Crippen MR) is 133 cm³/mol. The summed E-state index contributed by atoms with van der Waals surface area (Å²) < 4.78 is 2.19. The molecule has 1 heterocycles. The van der Waals surface area contributed by atoms with Crippen LogP contribution in [-0.4, -0.2) is 9.55 Å². The van der Waals surface area contributed by atoms with Crippen LogP contribution >= 0.6 is 12.4 Å². The second kappa shape index (κ2) is 9.85. The lowest BCUT2D eigenvalue weighted by Crippen LogP contribution is -2.12. The third kappa shape index (κ3) is 5.28. The van der Waals surface area contributed by atoms with Crippen molar-refractivity contribution in [2.45, 2.75) is 39.2 Å². The number of nitriles is 1. The number of aromatic nitrogens is 2. The van der Waals surface area contributed by atoms with E-state index in [1.54, 1.807) is 0 Å². The highest BCUT2D eigenvalue weighted by Crippen LogP contribution is 2.33. The van der Waals surface area contributed by atoms with Crippen molar-refractivity contribution in [2.75, 3.05) is 0 Å². The number of benzene rings is 3. The zero-order valence-corrected chi connectivity index (χ0v) is 19.6. The summed E-state index contributed by atoms with van der Waals surface area (Å²) in [6, 6.07) is 27.4. The molecule has 0 amide bonds. The van der Waals surface area contributed by atoms with E-state index < -0.39 is 0 Å². The van der Waals surface area contributed by atoms with Gasteiger partial charge in [0, 0.05) is 24.9 Å². The Labute approximate surface area is 196 Å². The molecule has 32 heavy (non-hydrogen) atoms. The first kappa shape index (κ1) is 23.3. The van der Waals surface area contributed by atoms with Gasteiger partial charge >= 0.3 is 0 Å². The van der Waals surface area contributed by atoms with Crippen molar-refractivity contribution in [3.63, 3.8) is 0 Å². The standard InChI is InChI=1S/C28H27N3.ClH/c1-28(2,3)27-7-5-4-6-26(27)24-14-12-23(13-15-24)19-31-20-30-18-25(31)16-21-8-10-22(17-29)11-9-21;/h4-15,18,20H,16,19H2,1-3H3;1H. The predicted octanol–water partition coefficient (Wildman–Crippen LogP) is 6.78. The van der Waals surface area contributed by atoms with Gasteiger partial charge in [-0.1, -0.05) is 81.4 Å². The van der Waals surface area contributed by atoms with Crippen molar-refractivity contribution < 1.29 is 0 Å². The fourth-order valence-electron chi connectivity index (χ4n) is 3.92. The van der Waals surface area contributed by atoms with Crippen molar-refractivity contribution in [3.05, 3.63) is 113 Å². The molecule has 0 saturated heterocycles. The summed E-state index contributed by atoms with van der Waals surface area (Å²) in [5.74, 6) is 0. The first-order valence-corrected chi connectivity index (χ1v) is 10.6. The smallest absolute Gasteiger partial charge is 0.0991 e. The van der Waals surface area contributed by atoms with Gasteiger partial charge < -0.3 is 4.57 Å². The zero-order chi connectivity index (χ0) is 21.8. The molecule has 3 nitrogen and oxygen atoms in total. The van der Waals surface area contributed by atoms with E-state index in [9.17, 15) is 0 Å². The molecule has 3 aromatic carbocycles. The lowest BCUT2D eigenvalue weighted by molar-refractivity contribution is 0.592. The molecule has 1 aromatic heterocycles. The molecule has 0 N–H and O–H groups in total. The van der Waals surface area contributed by atoms with Crippen LogP contribution in [-0.2, 0) is 18.4 Å². The quantitative estimate of drug-likeness (QED) is 0.342. The average molecular weight is 442 g/mol. The average Bonchev–Trinajstić information content (AvgIpc) is 3.20. The van der Waals surface area contributed by atoms with E-state index in [-0.39, 0.29) is 17.8 Å². The van der Waals surface area contributed by atoms with Crippen LogP contribution in [0.25, 0.3) is 11.1 Å². The summed E-state index contributed by atoms with van der Waals surface area (Å²) >= 11 is 0. The van der Waals surface area contributed by atoms with Gasteiger partial charge in [-0.15, -0.1) is 12.4 Å². The van der Waals surface area contributed by atoms with Crippen molar-refractivity contribution in [2.24, 2.45) is 0 Å². The van der Waals surface area contributed by atoms with E-state index in [4.69, 9.17) is 5.26 Å². The number of rotatable bonds is 5. The molecule has 0 saturated carbocycles. The minimum Gasteiger partial charge on any atom is -0.330 e. The molecular weight excluding hydrogens is 414 g/mol. The van der Waals surface area contributed by atoms with Gasteiger partial charge in [-0.25, -0.2) is 4.98 Å². The van der Waals surface area contributed by atoms with Crippen LogP contribution in [0, 0.1) is 11.3 Å². The maximum Gasteiger partial charge on any atom is 0.0991 e. The number of nitrogens with zero attached hydrogens (tertiary/aromatic N) is 3. The van der Waals surface area contributed by atoms with Crippen molar-refractivity contribution in [1.82, 2.24) is 9.55 Å². The highest BCUT2D eigenvalue weighted by atomic mass is 35.5. The van der Waals surface area contributed by atoms with Gasteiger partial charge in [0.05, 0.1) is 18.0 Å². The SMILES string of the molecule is CC(C)(C)c1ccccc1-c1ccc(Cn2cncc2Cc2ccc(C#N)cc2)cc1.Cl. The van der Waals surface area contributed by atoms with E-state index in [0.717, 1.165) is 18.7 Å². The second-order valence-corrected chi connectivity index (χ2v) is 8.99. The van der Waals surface area contributed by atoms with Crippen LogP contribution in [0.5, 0.6) is 0 Å². The van der Waals surface area contributed by atoms with Crippen LogP contribution in [0.1, 0.15) is 48.7 Å². The Morgan fingerprint density at radius 1 is 0.875 bits per heavy atom. The molecule has 0 radical (unpaired) electrons. The molecule has 0 unspecified atom stereocenters. The third-order valence-electron chi connectivity index (χ3n) is 5.62. The van der Waals surface area contributed by atoms with Crippen LogP contribution in [0.2, 0.25) is 0 Å². The van der Waals surface area contributed by atoms with Crippen molar-refractivity contribution in [1.29, 1.82) is 5.26 Å². The van der Waals surface area contributed by atoms with Gasteiger partial charge in [0.2, 0.25) is 0 Å². The number of hydrogen-bond acceptors (Lipinski definition) is 2. The lowest BCUT2D eigenvalue weighted by atomic mass is 9.82. The van der Waals surface area contributed by atoms with Gasteiger partial charge in [-0.05, 0) is 45.4 Å². The zero-order valence-electron chi connectivity index (χ0n) is 18.7. The Hall–Kier alpha value is -3.35. The molecule has 0 aliphatic rings. The Morgan fingerprint density at radius 2 is 1.53 bits per heavy atom. The molecule has 4 rings (SSSR count). The maximum atomic E-state index is 8.98. The maximum absolute atomic E-state index is 8.98. The topological polar surface area (TPSA) is 41.6 Å². The third-order valence-corrected chi connectivity index (χ3v) is 5.62. The number of halogens is 1. The molecule has 4 aromatic rings. The molecule has 4 heteroatoms. The van der Waals surface area contributed by atoms with Gasteiger partial charge in [0.1, 0.15) is 0 Å². The molecule has 0 fully saturated rings. The van der Waals surface area contributed by atoms with Crippen molar-refractivity contribution >= 4 is 12.4 Å². The van der Waals surface area contributed by atoms with Crippen molar-refractivity contribution in [3.8, 4) is 17.2 Å². The van der Waals surface area contributed by atoms with Gasteiger partial charge in [-0.3, -0.25) is 0 Å². The fraction of sp³-hybridized carbons (Fsp3) is 0.214. The van der Waals surface area contributed by atoms with Crippen LogP contribution < -0.4 is 0 Å². The van der Waals surface area contributed by atoms with E-state index in [1.165, 1.54) is 27.8 Å². The normalized spacial score (nSPS) is 10.9. The minimum absolute atomic E-state index is 0. The summed E-state index contributed by atoms with van der Waals surface area (Å²) in [7, 11) is 0. The first-order chi connectivity index (χ1) is 14.9. The van der Waals surface area contributed by atoms with Crippen LogP contribution in [0.4, 0.5) is 0 Å². The van der Waals surface area contributed by atoms with Crippen LogP contribution in [0.3, 0.4) is 0 Å². The van der Waals surface area contributed by atoms with Gasteiger partial charge in [-0.2, -0.15) is 5.26 Å². The molecule has 162 valence electrons.